The molecule has 2 rings (SSSR count). The van der Waals surface area contributed by atoms with Crippen molar-refractivity contribution < 1.29 is 13.9 Å². The lowest BCUT2D eigenvalue weighted by atomic mass is 10.2. The van der Waals surface area contributed by atoms with Crippen molar-refractivity contribution in [1.82, 2.24) is 0 Å². The molecular formula is C14H12FNO2. The molecule has 0 spiro atoms. The van der Waals surface area contributed by atoms with Gasteiger partial charge in [-0.2, -0.15) is 4.74 Å². The van der Waals surface area contributed by atoms with Crippen LogP contribution in [0.5, 0.6) is 5.75 Å². The minimum absolute atomic E-state index is 0.255. The van der Waals surface area contributed by atoms with Gasteiger partial charge in [0.1, 0.15) is 11.6 Å². The second-order valence-corrected chi connectivity index (χ2v) is 3.71. The number of hydrogen-bond acceptors (Lipinski definition) is 2. The van der Waals surface area contributed by atoms with Crippen molar-refractivity contribution in [2.75, 3.05) is 7.11 Å². The van der Waals surface area contributed by atoms with Gasteiger partial charge in [-0.25, -0.2) is 4.39 Å². The van der Waals surface area contributed by atoms with Crippen LogP contribution in [0.3, 0.4) is 0 Å². The molecule has 2 aromatic rings. The molecule has 18 heavy (non-hydrogen) atoms. The zero-order chi connectivity index (χ0) is 13.0. The molecule has 0 amide bonds. The molecule has 0 fully saturated rings. The lowest BCUT2D eigenvalue weighted by Gasteiger charge is -2.03. The lowest BCUT2D eigenvalue weighted by Crippen LogP contribution is -1.99. The summed E-state index contributed by atoms with van der Waals surface area (Å²) in [5, 5.41) is 11.8. The Kier molecular flexibility index (Phi) is 3.57. The van der Waals surface area contributed by atoms with Gasteiger partial charge in [0, 0.05) is 17.7 Å². The van der Waals surface area contributed by atoms with Crippen molar-refractivity contribution in [2.45, 2.75) is 0 Å². The Balaban J connectivity index is 2.26. The second kappa shape index (κ2) is 5.31. The van der Waals surface area contributed by atoms with Gasteiger partial charge < -0.3 is 9.94 Å². The summed E-state index contributed by atoms with van der Waals surface area (Å²) < 4.78 is 18.6. The first-order chi connectivity index (χ1) is 8.69. The molecule has 0 aliphatic heterocycles. The number of ether oxygens (including phenoxy) is 1. The first-order valence-corrected chi connectivity index (χ1v) is 5.40. The summed E-state index contributed by atoms with van der Waals surface area (Å²) in [6, 6.07) is 12.5. The normalized spacial score (nSPS) is 11.3. The van der Waals surface area contributed by atoms with Crippen LogP contribution in [0.2, 0.25) is 0 Å². The fraction of sp³-hybridized carbons (Fsp3) is 0.0714. The number of halogens is 1. The molecule has 0 aromatic heterocycles. The van der Waals surface area contributed by atoms with E-state index >= 15 is 0 Å². The fourth-order valence-electron chi connectivity index (χ4n) is 1.51. The van der Waals surface area contributed by atoms with Gasteiger partial charge >= 0.3 is 0 Å². The van der Waals surface area contributed by atoms with Crippen LogP contribution in [0.25, 0.3) is 0 Å². The fourth-order valence-corrected chi connectivity index (χ4v) is 1.51. The molecule has 0 N–H and O–H groups in total. The minimum atomic E-state index is -0.434. The van der Waals surface area contributed by atoms with E-state index in [1.165, 1.54) is 24.4 Å². The van der Waals surface area contributed by atoms with E-state index < -0.39 is 5.82 Å². The zero-order valence-electron chi connectivity index (χ0n) is 9.84. The topological polar surface area (TPSA) is 35.3 Å². The number of rotatable bonds is 3. The van der Waals surface area contributed by atoms with Gasteiger partial charge in [-0.3, -0.25) is 0 Å². The third-order valence-corrected chi connectivity index (χ3v) is 2.44. The van der Waals surface area contributed by atoms with E-state index in [1.54, 1.807) is 37.4 Å². The molecule has 0 atom stereocenters. The van der Waals surface area contributed by atoms with Crippen LogP contribution < -0.4 is 4.74 Å². The van der Waals surface area contributed by atoms with Gasteiger partial charge in [-0.05, 0) is 30.3 Å². The van der Waals surface area contributed by atoms with Gasteiger partial charge in [0.05, 0.1) is 7.11 Å². The number of hydrogen-bond donors (Lipinski definition) is 0. The van der Waals surface area contributed by atoms with Crippen LogP contribution in [0.1, 0.15) is 5.56 Å². The van der Waals surface area contributed by atoms with E-state index in [4.69, 9.17) is 4.74 Å². The van der Waals surface area contributed by atoms with E-state index in [-0.39, 0.29) is 5.69 Å². The summed E-state index contributed by atoms with van der Waals surface area (Å²) in [5.41, 5.74) is 0.973. The highest BCUT2D eigenvalue weighted by Gasteiger charge is 2.03. The standard InChI is InChI=1S/C14H12FNO2/c1-18-14-7-5-11(6-8-14)10-16(17)13-4-2-3-12(15)9-13/h2-10H,1H3/b16-10-. The molecule has 2 aromatic carbocycles. The van der Waals surface area contributed by atoms with Crippen LogP contribution in [0, 0.1) is 11.0 Å². The number of nitrogens with zero attached hydrogens (tertiary/aromatic N) is 1. The molecule has 0 saturated carbocycles. The predicted molar refractivity (Wildman–Crippen MR) is 67.8 cm³/mol. The van der Waals surface area contributed by atoms with E-state index in [0.29, 0.717) is 4.74 Å². The van der Waals surface area contributed by atoms with Crippen molar-refractivity contribution in [2.24, 2.45) is 0 Å². The Morgan fingerprint density at radius 3 is 2.50 bits per heavy atom. The Morgan fingerprint density at radius 1 is 1.17 bits per heavy atom. The molecule has 0 heterocycles. The second-order valence-electron chi connectivity index (χ2n) is 3.71. The average molecular weight is 245 g/mol. The summed E-state index contributed by atoms with van der Waals surface area (Å²) in [6.45, 7) is 0. The third kappa shape index (κ3) is 2.85. The monoisotopic (exact) mass is 245 g/mol. The van der Waals surface area contributed by atoms with Gasteiger partial charge in [0.2, 0.25) is 5.69 Å². The average Bonchev–Trinajstić information content (AvgIpc) is 2.39. The number of methoxy groups -OCH3 is 1. The SMILES string of the molecule is COc1ccc(/C=[N+](\[O-])c2cccc(F)c2)cc1. The van der Waals surface area contributed by atoms with E-state index in [1.807, 2.05) is 0 Å². The van der Waals surface area contributed by atoms with Crippen LogP contribution in [-0.2, 0) is 0 Å². The largest absolute Gasteiger partial charge is 0.618 e. The summed E-state index contributed by atoms with van der Waals surface area (Å²) in [4.78, 5) is 0. The van der Waals surface area contributed by atoms with Gasteiger partial charge in [-0.15, -0.1) is 0 Å². The molecule has 4 heteroatoms. The van der Waals surface area contributed by atoms with Gasteiger partial charge in [0.25, 0.3) is 0 Å². The van der Waals surface area contributed by atoms with Gasteiger partial charge in [-0.1, -0.05) is 6.07 Å². The Morgan fingerprint density at radius 2 is 1.89 bits per heavy atom. The molecule has 0 aliphatic carbocycles. The van der Waals surface area contributed by atoms with Crippen molar-refractivity contribution in [3.63, 3.8) is 0 Å². The van der Waals surface area contributed by atoms with Crippen LogP contribution in [-0.4, -0.2) is 18.1 Å². The summed E-state index contributed by atoms with van der Waals surface area (Å²) in [6.07, 6.45) is 1.38. The van der Waals surface area contributed by atoms with Gasteiger partial charge in [0.15, 0.2) is 6.21 Å². The molecule has 92 valence electrons. The molecule has 0 unspecified atom stereocenters. The summed E-state index contributed by atoms with van der Waals surface area (Å²) >= 11 is 0. The lowest BCUT2D eigenvalue weighted by molar-refractivity contribution is -0.354. The predicted octanol–water partition coefficient (Wildman–Crippen LogP) is 3.10. The molecule has 3 nitrogen and oxygen atoms in total. The Bertz CT molecular complexity index is 564. The van der Waals surface area contributed by atoms with Crippen LogP contribution in [0.4, 0.5) is 10.1 Å². The van der Waals surface area contributed by atoms with Crippen LogP contribution in [0.15, 0.2) is 48.5 Å². The highest BCUT2D eigenvalue weighted by molar-refractivity contribution is 5.76. The molecule has 0 saturated heterocycles. The summed E-state index contributed by atoms with van der Waals surface area (Å²) in [7, 11) is 1.57. The highest BCUT2D eigenvalue weighted by Crippen LogP contribution is 2.14. The van der Waals surface area contributed by atoms with E-state index in [0.717, 1.165) is 11.3 Å². The van der Waals surface area contributed by atoms with Crippen molar-refractivity contribution in [3.05, 3.63) is 65.1 Å². The highest BCUT2D eigenvalue weighted by atomic mass is 19.1. The minimum Gasteiger partial charge on any atom is -0.618 e. The maximum absolute atomic E-state index is 13.0. The Hall–Kier alpha value is -2.36. The first-order valence-electron chi connectivity index (χ1n) is 5.40. The van der Waals surface area contributed by atoms with Crippen LogP contribution >= 0.6 is 0 Å². The van der Waals surface area contributed by atoms with E-state index in [2.05, 4.69) is 0 Å². The third-order valence-electron chi connectivity index (χ3n) is 2.44. The smallest absolute Gasteiger partial charge is 0.219 e. The molecular weight excluding hydrogens is 233 g/mol. The molecule has 0 bridgehead atoms. The molecule has 0 radical (unpaired) electrons. The quantitative estimate of drug-likeness (QED) is 0.360. The van der Waals surface area contributed by atoms with Crippen molar-refractivity contribution >= 4 is 11.9 Å². The van der Waals surface area contributed by atoms with Crippen molar-refractivity contribution in [1.29, 1.82) is 0 Å². The van der Waals surface area contributed by atoms with E-state index in [9.17, 15) is 9.60 Å². The molecule has 0 aliphatic rings. The first kappa shape index (κ1) is 12.1. The maximum Gasteiger partial charge on any atom is 0.219 e. The maximum atomic E-state index is 13.0. The Labute approximate surface area is 104 Å². The summed E-state index contributed by atoms with van der Waals surface area (Å²) in [5.74, 6) is 0.284. The van der Waals surface area contributed by atoms with Crippen molar-refractivity contribution in [3.8, 4) is 5.75 Å². The number of benzene rings is 2. The zero-order valence-corrected chi connectivity index (χ0v) is 9.84.